The zero-order valence-electron chi connectivity index (χ0n) is 15.7. The first-order valence-corrected chi connectivity index (χ1v) is 9.09. The Kier molecular flexibility index (Phi) is 9.30. The van der Waals surface area contributed by atoms with Crippen LogP contribution in [0.2, 0.25) is 0 Å². The van der Waals surface area contributed by atoms with E-state index in [4.69, 9.17) is 0 Å². The van der Waals surface area contributed by atoms with Crippen molar-refractivity contribution in [2.24, 2.45) is 0 Å². The largest absolute Gasteiger partial charge is 0.349 e. The summed E-state index contributed by atoms with van der Waals surface area (Å²) in [5.74, 6) is -0.245. The summed E-state index contributed by atoms with van der Waals surface area (Å²) in [5, 5.41) is 11.7. The molecule has 0 aliphatic rings. The van der Waals surface area contributed by atoms with Crippen LogP contribution in [0.5, 0.6) is 0 Å². The lowest BCUT2D eigenvalue weighted by molar-refractivity contribution is 0.0944. The molecule has 2 rings (SSSR count). The highest BCUT2D eigenvalue weighted by molar-refractivity contribution is 6.04. The average molecular weight is 381 g/mol. The second-order valence-electron chi connectivity index (χ2n) is 6.30. The minimum absolute atomic E-state index is 0. The highest BCUT2D eigenvalue weighted by Crippen LogP contribution is 2.13. The SMILES string of the molecule is CCCCCn1nc(C(=O)NC[C@@H](C)NCC)c2ccccc2c1=O.Cl. The smallest absolute Gasteiger partial charge is 0.274 e. The van der Waals surface area contributed by atoms with Gasteiger partial charge in [0.05, 0.1) is 5.39 Å². The number of unbranched alkanes of at least 4 members (excludes halogenated alkanes) is 2. The number of amides is 1. The van der Waals surface area contributed by atoms with Crippen molar-refractivity contribution in [2.45, 2.75) is 52.6 Å². The third-order valence-corrected chi connectivity index (χ3v) is 4.18. The van der Waals surface area contributed by atoms with E-state index >= 15 is 0 Å². The van der Waals surface area contributed by atoms with Gasteiger partial charge in [-0.2, -0.15) is 5.10 Å². The van der Waals surface area contributed by atoms with Crippen molar-refractivity contribution in [3.05, 3.63) is 40.3 Å². The Morgan fingerprint density at radius 1 is 1.19 bits per heavy atom. The minimum Gasteiger partial charge on any atom is -0.349 e. The van der Waals surface area contributed by atoms with Gasteiger partial charge in [-0.1, -0.05) is 44.9 Å². The molecule has 2 aromatic rings. The molecule has 7 heteroatoms. The Labute approximate surface area is 160 Å². The van der Waals surface area contributed by atoms with Crippen molar-refractivity contribution >= 4 is 29.1 Å². The Morgan fingerprint density at radius 2 is 1.88 bits per heavy atom. The van der Waals surface area contributed by atoms with E-state index in [0.29, 0.717) is 29.6 Å². The molecule has 1 amide bonds. The van der Waals surface area contributed by atoms with Gasteiger partial charge in [0.25, 0.3) is 11.5 Å². The topological polar surface area (TPSA) is 76.0 Å². The fourth-order valence-electron chi connectivity index (χ4n) is 2.82. The van der Waals surface area contributed by atoms with Crippen molar-refractivity contribution in [1.29, 1.82) is 0 Å². The summed E-state index contributed by atoms with van der Waals surface area (Å²) in [5.41, 5.74) is 0.180. The first-order chi connectivity index (χ1) is 12.1. The number of aromatic nitrogens is 2. The molecule has 0 saturated carbocycles. The standard InChI is InChI=1S/C19H28N4O2.ClH/c1-4-6-9-12-23-19(25)16-11-8-7-10-15(16)17(22-23)18(24)21-13-14(3)20-5-2;/h7-8,10-11,14,20H,4-6,9,12-13H2,1-3H3,(H,21,24);1H/t14-;/m1./s1. The number of hydrogen-bond acceptors (Lipinski definition) is 4. The molecule has 26 heavy (non-hydrogen) atoms. The van der Waals surface area contributed by atoms with Gasteiger partial charge in [-0.05, 0) is 26.0 Å². The molecule has 1 aromatic carbocycles. The van der Waals surface area contributed by atoms with E-state index in [1.807, 2.05) is 26.0 Å². The van der Waals surface area contributed by atoms with Gasteiger partial charge in [0, 0.05) is 24.5 Å². The zero-order valence-corrected chi connectivity index (χ0v) is 16.6. The van der Waals surface area contributed by atoms with Gasteiger partial charge >= 0.3 is 0 Å². The molecule has 0 spiro atoms. The van der Waals surface area contributed by atoms with Gasteiger partial charge in [0.1, 0.15) is 0 Å². The number of carbonyl (C=O) groups is 1. The van der Waals surface area contributed by atoms with Crippen molar-refractivity contribution in [1.82, 2.24) is 20.4 Å². The van der Waals surface area contributed by atoms with Crippen LogP contribution in [0.25, 0.3) is 10.8 Å². The normalized spacial score (nSPS) is 11.8. The minimum atomic E-state index is -0.245. The highest BCUT2D eigenvalue weighted by Gasteiger charge is 2.16. The van der Waals surface area contributed by atoms with Gasteiger partial charge in [0.15, 0.2) is 5.69 Å². The number of halogens is 1. The second kappa shape index (κ2) is 10.9. The molecular formula is C19H29ClN4O2. The van der Waals surface area contributed by atoms with Gasteiger partial charge in [-0.15, -0.1) is 12.4 Å². The quantitative estimate of drug-likeness (QED) is 0.656. The predicted molar refractivity (Wildman–Crippen MR) is 108 cm³/mol. The number of nitrogens with one attached hydrogen (secondary N) is 2. The molecule has 1 heterocycles. The summed E-state index contributed by atoms with van der Waals surface area (Å²) in [7, 11) is 0. The van der Waals surface area contributed by atoms with Crippen molar-refractivity contribution < 1.29 is 4.79 Å². The van der Waals surface area contributed by atoms with Crippen molar-refractivity contribution in [2.75, 3.05) is 13.1 Å². The zero-order chi connectivity index (χ0) is 18.2. The molecule has 144 valence electrons. The predicted octanol–water partition coefficient (Wildman–Crippen LogP) is 2.74. The van der Waals surface area contributed by atoms with Crippen LogP contribution in [0.4, 0.5) is 0 Å². The van der Waals surface area contributed by atoms with Crippen LogP contribution in [0.15, 0.2) is 29.1 Å². The molecule has 1 atom stereocenters. The first kappa shape index (κ1) is 22.1. The van der Waals surface area contributed by atoms with Gasteiger partial charge in [-0.3, -0.25) is 9.59 Å². The molecule has 0 bridgehead atoms. The van der Waals surface area contributed by atoms with Crippen LogP contribution in [-0.2, 0) is 6.54 Å². The van der Waals surface area contributed by atoms with Gasteiger partial charge in [-0.25, -0.2) is 4.68 Å². The van der Waals surface area contributed by atoms with Gasteiger partial charge < -0.3 is 10.6 Å². The van der Waals surface area contributed by atoms with Crippen LogP contribution in [0.1, 0.15) is 50.5 Å². The van der Waals surface area contributed by atoms with Crippen LogP contribution in [0.3, 0.4) is 0 Å². The molecular weight excluding hydrogens is 352 g/mol. The number of aryl methyl sites for hydroxylation is 1. The lowest BCUT2D eigenvalue weighted by Gasteiger charge is -2.14. The molecule has 0 saturated heterocycles. The van der Waals surface area contributed by atoms with E-state index in [1.165, 1.54) is 4.68 Å². The van der Waals surface area contributed by atoms with E-state index in [9.17, 15) is 9.59 Å². The van der Waals surface area contributed by atoms with E-state index in [0.717, 1.165) is 25.8 Å². The molecule has 6 nitrogen and oxygen atoms in total. The Bertz CT molecular complexity index is 776. The molecule has 0 aliphatic carbocycles. The number of likely N-dealkylation sites (N-methyl/N-ethyl adjacent to an activating group) is 1. The summed E-state index contributed by atoms with van der Waals surface area (Å²) in [4.78, 5) is 25.3. The lowest BCUT2D eigenvalue weighted by atomic mass is 10.1. The maximum Gasteiger partial charge on any atom is 0.274 e. The maximum absolute atomic E-state index is 12.6. The number of benzene rings is 1. The van der Waals surface area contributed by atoms with Crippen LogP contribution in [-0.4, -0.2) is 34.8 Å². The summed E-state index contributed by atoms with van der Waals surface area (Å²) < 4.78 is 1.43. The average Bonchev–Trinajstić information content (AvgIpc) is 2.62. The van der Waals surface area contributed by atoms with E-state index in [1.54, 1.807) is 12.1 Å². The maximum atomic E-state index is 12.6. The Morgan fingerprint density at radius 3 is 2.54 bits per heavy atom. The summed E-state index contributed by atoms with van der Waals surface area (Å²) in [6, 6.07) is 7.35. The van der Waals surface area contributed by atoms with Crippen molar-refractivity contribution in [3.8, 4) is 0 Å². The molecule has 0 aliphatic heterocycles. The monoisotopic (exact) mass is 380 g/mol. The summed E-state index contributed by atoms with van der Waals surface area (Å²) in [6.07, 6.45) is 2.97. The fourth-order valence-corrected chi connectivity index (χ4v) is 2.82. The van der Waals surface area contributed by atoms with Crippen LogP contribution in [0, 0.1) is 0 Å². The summed E-state index contributed by atoms with van der Waals surface area (Å²) in [6.45, 7) is 8.05. The van der Waals surface area contributed by atoms with Crippen LogP contribution >= 0.6 is 12.4 Å². The van der Waals surface area contributed by atoms with E-state index < -0.39 is 0 Å². The van der Waals surface area contributed by atoms with E-state index in [2.05, 4.69) is 22.7 Å². The third-order valence-electron chi connectivity index (χ3n) is 4.18. The summed E-state index contributed by atoms with van der Waals surface area (Å²) >= 11 is 0. The number of carbonyl (C=O) groups excluding carboxylic acids is 1. The second-order valence-corrected chi connectivity index (χ2v) is 6.30. The molecule has 0 unspecified atom stereocenters. The van der Waals surface area contributed by atoms with E-state index in [-0.39, 0.29) is 29.9 Å². The number of hydrogen-bond donors (Lipinski definition) is 2. The highest BCUT2D eigenvalue weighted by atomic mass is 35.5. The number of nitrogens with zero attached hydrogens (tertiary/aromatic N) is 2. The third kappa shape index (κ3) is 5.54. The molecule has 0 fully saturated rings. The van der Waals surface area contributed by atoms with Gasteiger partial charge in [0.2, 0.25) is 0 Å². The van der Waals surface area contributed by atoms with Crippen LogP contribution < -0.4 is 16.2 Å². The Balaban J connectivity index is 0.00000338. The Hall–Kier alpha value is -1.92. The van der Waals surface area contributed by atoms with Crippen molar-refractivity contribution in [3.63, 3.8) is 0 Å². The fraction of sp³-hybridized carbons (Fsp3) is 0.526. The molecule has 0 radical (unpaired) electrons. The molecule has 1 aromatic heterocycles. The first-order valence-electron chi connectivity index (χ1n) is 9.09. The molecule has 2 N–H and O–H groups in total. The number of fused-ring (bicyclic) bond motifs is 1. The number of rotatable bonds is 9. The lowest BCUT2D eigenvalue weighted by Crippen LogP contribution is -2.39.